The summed E-state index contributed by atoms with van der Waals surface area (Å²) < 4.78 is 5.44. The van der Waals surface area contributed by atoms with Crippen LogP contribution in [0.3, 0.4) is 0 Å². The summed E-state index contributed by atoms with van der Waals surface area (Å²) in [7, 11) is 0. The minimum atomic E-state index is 0.0274. The Bertz CT molecular complexity index is 564. The Balaban J connectivity index is 1.73. The molecule has 3 rings (SSSR count). The zero-order chi connectivity index (χ0) is 13.2. The molecule has 5 nitrogen and oxygen atoms in total. The number of aromatic nitrogens is 2. The number of piperidine rings is 1. The van der Waals surface area contributed by atoms with Crippen molar-refractivity contribution in [1.82, 2.24) is 10.2 Å². The average Bonchev–Trinajstić information content (AvgIpc) is 3.09. The molecule has 2 aromatic rings. The van der Waals surface area contributed by atoms with Gasteiger partial charge in [0.25, 0.3) is 0 Å². The smallest absolute Gasteiger partial charge is 0.318 e. The lowest BCUT2D eigenvalue weighted by atomic mass is 9.93. The van der Waals surface area contributed by atoms with Crippen molar-refractivity contribution in [2.24, 2.45) is 5.92 Å². The van der Waals surface area contributed by atoms with Gasteiger partial charge in [0.15, 0.2) is 5.78 Å². The van der Waals surface area contributed by atoms with E-state index >= 15 is 0 Å². The predicted molar refractivity (Wildman–Crippen MR) is 72.6 cm³/mol. The van der Waals surface area contributed by atoms with Crippen LogP contribution in [0.25, 0.3) is 0 Å². The van der Waals surface area contributed by atoms with Crippen LogP contribution in [-0.2, 0) is 0 Å². The van der Waals surface area contributed by atoms with Crippen LogP contribution < -0.4 is 4.90 Å². The molecule has 1 unspecified atom stereocenters. The van der Waals surface area contributed by atoms with Gasteiger partial charge in [-0.05, 0) is 24.3 Å². The summed E-state index contributed by atoms with van der Waals surface area (Å²) in [4.78, 5) is 15.2. The second-order valence-electron chi connectivity index (χ2n) is 4.73. The van der Waals surface area contributed by atoms with Gasteiger partial charge in [0.1, 0.15) is 0 Å². The van der Waals surface area contributed by atoms with Crippen molar-refractivity contribution in [2.45, 2.75) is 19.8 Å². The summed E-state index contributed by atoms with van der Waals surface area (Å²) in [5.41, 5.74) is 0. The van der Waals surface area contributed by atoms with Gasteiger partial charge in [0.05, 0.1) is 4.88 Å². The third-order valence-corrected chi connectivity index (χ3v) is 4.23. The number of nitrogens with zero attached hydrogens (tertiary/aromatic N) is 3. The van der Waals surface area contributed by atoms with E-state index in [0.29, 0.717) is 18.5 Å². The number of aryl methyl sites for hydroxylation is 1. The number of thiophene rings is 1. The maximum absolute atomic E-state index is 12.4. The molecule has 0 spiro atoms. The third-order valence-electron chi connectivity index (χ3n) is 3.34. The van der Waals surface area contributed by atoms with Crippen molar-refractivity contribution in [3.8, 4) is 0 Å². The Morgan fingerprint density at radius 1 is 1.53 bits per heavy atom. The van der Waals surface area contributed by atoms with E-state index in [0.717, 1.165) is 24.3 Å². The van der Waals surface area contributed by atoms with Gasteiger partial charge in [-0.3, -0.25) is 4.79 Å². The predicted octanol–water partition coefficient (Wildman–Crippen LogP) is 2.54. The van der Waals surface area contributed by atoms with E-state index in [1.165, 1.54) is 11.3 Å². The molecule has 6 heteroatoms. The van der Waals surface area contributed by atoms with Crippen molar-refractivity contribution < 1.29 is 9.21 Å². The van der Waals surface area contributed by atoms with Crippen LogP contribution in [-0.4, -0.2) is 29.1 Å². The van der Waals surface area contributed by atoms with Crippen LogP contribution in [0.2, 0.25) is 0 Å². The quantitative estimate of drug-likeness (QED) is 0.807. The third kappa shape index (κ3) is 2.53. The summed E-state index contributed by atoms with van der Waals surface area (Å²) >= 11 is 1.51. The van der Waals surface area contributed by atoms with Crippen LogP contribution in [0.4, 0.5) is 6.01 Å². The Morgan fingerprint density at radius 3 is 3.11 bits per heavy atom. The summed E-state index contributed by atoms with van der Waals surface area (Å²) in [5.74, 6) is 0.817. The van der Waals surface area contributed by atoms with Gasteiger partial charge >= 0.3 is 6.01 Å². The van der Waals surface area contributed by atoms with Crippen molar-refractivity contribution >= 4 is 23.1 Å². The molecular formula is C13H15N3O2S. The van der Waals surface area contributed by atoms with Gasteiger partial charge in [-0.25, -0.2) is 0 Å². The summed E-state index contributed by atoms with van der Waals surface area (Å²) in [5, 5.41) is 9.81. The number of carbonyl (C=O) groups is 1. The molecular weight excluding hydrogens is 262 g/mol. The molecule has 0 radical (unpaired) electrons. The van der Waals surface area contributed by atoms with Crippen LogP contribution >= 0.6 is 11.3 Å². The fourth-order valence-corrected chi connectivity index (χ4v) is 3.14. The minimum Gasteiger partial charge on any atom is -0.408 e. The van der Waals surface area contributed by atoms with E-state index in [4.69, 9.17) is 4.42 Å². The number of hydrogen-bond donors (Lipinski definition) is 0. The summed E-state index contributed by atoms with van der Waals surface area (Å²) in [6, 6.07) is 4.34. The van der Waals surface area contributed by atoms with Gasteiger partial charge in [0.2, 0.25) is 5.89 Å². The highest BCUT2D eigenvalue weighted by Crippen LogP contribution is 2.26. The fourth-order valence-electron chi connectivity index (χ4n) is 2.40. The number of rotatable bonds is 3. The molecule has 0 aliphatic carbocycles. The molecule has 1 fully saturated rings. The van der Waals surface area contributed by atoms with E-state index in [1.54, 1.807) is 6.92 Å². The van der Waals surface area contributed by atoms with Crippen molar-refractivity contribution in [1.29, 1.82) is 0 Å². The van der Waals surface area contributed by atoms with E-state index in [2.05, 4.69) is 10.2 Å². The van der Waals surface area contributed by atoms with Crippen LogP contribution in [0.5, 0.6) is 0 Å². The zero-order valence-corrected chi connectivity index (χ0v) is 11.5. The molecule has 100 valence electrons. The Hall–Kier alpha value is -1.69. The van der Waals surface area contributed by atoms with Gasteiger partial charge in [-0.15, -0.1) is 16.4 Å². The summed E-state index contributed by atoms with van der Waals surface area (Å²) in [6.07, 6.45) is 1.91. The van der Waals surface area contributed by atoms with Crippen molar-refractivity contribution in [3.63, 3.8) is 0 Å². The number of anilines is 1. The first-order chi connectivity index (χ1) is 9.24. The molecule has 3 heterocycles. The first-order valence-electron chi connectivity index (χ1n) is 6.37. The highest BCUT2D eigenvalue weighted by molar-refractivity contribution is 7.12. The van der Waals surface area contributed by atoms with Gasteiger partial charge in [0, 0.05) is 25.9 Å². The molecule has 0 bridgehead atoms. The molecule has 2 aromatic heterocycles. The molecule has 0 amide bonds. The average molecular weight is 277 g/mol. The Labute approximate surface area is 115 Å². The van der Waals surface area contributed by atoms with Crippen molar-refractivity contribution in [3.05, 3.63) is 28.3 Å². The zero-order valence-electron chi connectivity index (χ0n) is 10.7. The largest absolute Gasteiger partial charge is 0.408 e. The van der Waals surface area contributed by atoms with Crippen LogP contribution in [0, 0.1) is 12.8 Å². The van der Waals surface area contributed by atoms with E-state index in [9.17, 15) is 4.79 Å². The number of carbonyl (C=O) groups excluding carboxylic acids is 1. The maximum Gasteiger partial charge on any atom is 0.318 e. The van der Waals surface area contributed by atoms with Crippen LogP contribution in [0.1, 0.15) is 28.4 Å². The molecule has 1 aliphatic heterocycles. The lowest BCUT2D eigenvalue weighted by molar-refractivity contribution is 0.0910. The maximum atomic E-state index is 12.4. The lowest BCUT2D eigenvalue weighted by Crippen LogP contribution is -2.38. The molecule has 1 atom stereocenters. The molecule has 0 aromatic carbocycles. The first-order valence-corrected chi connectivity index (χ1v) is 7.25. The van der Waals surface area contributed by atoms with Gasteiger partial charge < -0.3 is 9.32 Å². The summed E-state index contributed by atoms with van der Waals surface area (Å²) in [6.45, 7) is 3.31. The number of hydrogen-bond acceptors (Lipinski definition) is 6. The standard InChI is InChI=1S/C13H15N3O2S/c1-9-14-15-13(18-9)16-6-2-4-10(8-16)12(17)11-5-3-7-19-11/h3,5,7,10H,2,4,6,8H2,1H3. The molecule has 1 aliphatic rings. The van der Waals surface area contributed by atoms with Crippen molar-refractivity contribution in [2.75, 3.05) is 18.0 Å². The highest BCUT2D eigenvalue weighted by atomic mass is 32.1. The monoisotopic (exact) mass is 277 g/mol. The van der Waals surface area contributed by atoms with Crippen LogP contribution in [0.15, 0.2) is 21.9 Å². The highest BCUT2D eigenvalue weighted by Gasteiger charge is 2.29. The number of Topliss-reactive ketones (excluding diaryl/α,β-unsaturated/α-hetero) is 1. The molecule has 1 saturated heterocycles. The van der Waals surface area contributed by atoms with E-state index in [-0.39, 0.29) is 11.7 Å². The Kier molecular flexibility index (Phi) is 3.33. The van der Waals surface area contributed by atoms with E-state index in [1.807, 2.05) is 22.4 Å². The molecule has 19 heavy (non-hydrogen) atoms. The topological polar surface area (TPSA) is 59.2 Å². The second-order valence-corrected chi connectivity index (χ2v) is 5.68. The van der Waals surface area contributed by atoms with E-state index < -0.39 is 0 Å². The Morgan fingerprint density at radius 2 is 2.42 bits per heavy atom. The fraction of sp³-hybridized carbons (Fsp3) is 0.462. The number of ketones is 1. The van der Waals surface area contributed by atoms with Gasteiger partial charge in [-0.2, -0.15) is 0 Å². The molecule has 0 N–H and O–H groups in total. The minimum absolute atomic E-state index is 0.0274. The second kappa shape index (κ2) is 5.13. The van der Waals surface area contributed by atoms with Gasteiger partial charge in [-0.1, -0.05) is 11.2 Å². The molecule has 0 saturated carbocycles. The first kappa shape index (κ1) is 12.3. The normalized spacial score (nSPS) is 19.6. The SMILES string of the molecule is Cc1nnc(N2CCCC(C(=O)c3cccs3)C2)o1. The lowest BCUT2D eigenvalue weighted by Gasteiger charge is -2.30.